The summed E-state index contributed by atoms with van der Waals surface area (Å²) in [4.78, 5) is 7.08. The number of para-hydroxylation sites is 2. The number of aliphatic hydroxyl groups is 1. The molecule has 2 heterocycles. The van der Waals surface area contributed by atoms with E-state index in [1.807, 2.05) is 30.4 Å². The van der Waals surface area contributed by atoms with Gasteiger partial charge in [-0.1, -0.05) is 41.4 Å². The van der Waals surface area contributed by atoms with Crippen molar-refractivity contribution in [1.29, 1.82) is 0 Å². The van der Waals surface area contributed by atoms with E-state index in [0.717, 1.165) is 23.1 Å². The number of nitrogens with one attached hydrogen (secondary N) is 1. The number of hydrogen-bond acceptors (Lipinski definition) is 5. The van der Waals surface area contributed by atoms with Crippen LogP contribution in [0.15, 0.2) is 86.4 Å². The van der Waals surface area contributed by atoms with E-state index in [-0.39, 0.29) is 18.9 Å². The maximum absolute atomic E-state index is 13.3. The molecule has 3 aromatic rings. The SMILES string of the molecule is CC[n+]1c(C=C2C(=NCCO)C(C=C3Sc4ccccc4[NH+]3CC)=C2[O-])sc2ccccc21. The van der Waals surface area contributed by atoms with Crippen molar-refractivity contribution in [3.63, 3.8) is 0 Å². The molecule has 168 valence electrons. The third kappa shape index (κ3) is 3.85. The van der Waals surface area contributed by atoms with Gasteiger partial charge in [-0.15, -0.1) is 0 Å². The number of thiazole rings is 1. The molecule has 1 atom stereocenters. The number of nitrogens with zero attached hydrogens (tertiary/aromatic N) is 2. The van der Waals surface area contributed by atoms with Crippen LogP contribution in [0.1, 0.15) is 18.9 Å². The molecule has 2 aliphatic rings. The number of rotatable bonds is 6. The molecule has 1 aromatic heterocycles. The second-order valence-corrected chi connectivity index (χ2v) is 9.99. The van der Waals surface area contributed by atoms with Gasteiger partial charge in [0, 0.05) is 29.9 Å². The molecule has 0 saturated heterocycles. The lowest BCUT2D eigenvalue weighted by Gasteiger charge is -2.32. The van der Waals surface area contributed by atoms with Crippen molar-refractivity contribution in [1.82, 2.24) is 0 Å². The largest absolute Gasteiger partial charge is 0.872 e. The van der Waals surface area contributed by atoms with Crippen LogP contribution in [0.5, 0.6) is 0 Å². The normalized spacial score (nSPS) is 21.4. The minimum Gasteiger partial charge on any atom is -0.872 e. The first-order valence-corrected chi connectivity index (χ1v) is 12.9. The van der Waals surface area contributed by atoms with Gasteiger partial charge in [0.2, 0.25) is 5.52 Å². The van der Waals surface area contributed by atoms with Crippen molar-refractivity contribution in [3.8, 4) is 0 Å². The van der Waals surface area contributed by atoms with E-state index in [0.29, 0.717) is 16.9 Å². The number of aliphatic imine (C=N–C) groups is 1. The van der Waals surface area contributed by atoms with Crippen molar-refractivity contribution >= 4 is 50.8 Å². The van der Waals surface area contributed by atoms with Crippen LogP contribution in [0.3, 0.4) is 0 Å². The number of aromatic nitrogens is 1. The van der Waals surface area contributed by atoms with E-state index in [2.05, 4.69) is 53.7 Å². The molecule has 5 rings (SSSR count). The van der Waals surface area contributed by atoms with E-state index >= 15 is 0 Å². The van der Waals surface area contributed by atoms with Crippen molar-refractivity contribution in [2.24, 2.45) is 4.99 Å². The predicted octanol–water partition coefficient (Wildman–Crippen LogP) is 2.84. The predicted molar refractivity (Wildman–Crippen MR) is 134 cm³/mol. The number of aryl methyl sites for hydroxylation is 1. The fraction of sp³-hybridized carbons (Fsp3) is 0.231. The van der Waals surface area contributed by atoms with Crippen LogP contribution in [0.2, 0.25) is 0 Å². The van der Waals surface area contributed by atoms with Gasteiger partial charge in [-0.05, 0) is 43.3 Å². The summed E-state index contributed by atoms with van der Waals surface area (Å²) >= 11 is 3.39. The van der Waals surface area contributed by atoms with Crippen LogP contribution in [0.25, 0.3) is 16.3 Å². The van der Waals surface area contributed by atoms with Gasteiger partial charge < -0.3 is 10.2 Å². The molecular formula is C26H26N3O2S2+. The van der Waals surface area contributed by atoms with Crippen LogP contribution in [-0.4, -0.2) is 30.5 Å². The van der Waals surface area contributed by atoms with Crippen LogP contribution in [0, 0.1) is 0 Å². The number of benzene rings is 2. The molecule has 1 unspecified atom stereocenters. The smallest absolute Gasteiger partial charge is 0.263 e. The average Bonchev–Trinajstić information content (AvgIpc) is 3.39. The summed E-state index contributed by atoms with van der Waals surface area (Å²) in [5.41, 5.74) is 4.39. The molecule has 0 amide bonds. The van der Waals surface area contributed by atoms with Gasteiger partial charge in [0.15, 0.2) is 10.7 Å². The number of allylic oxidation sites excluding steroid dienone is 3. The molecule has 0 radical (unpaired) electrons. The summed E-state index contributed by atoms with van der Waals surface area (Å²) < 4.78 is 3.42. The van der Waals surface area contributed by atoms with Gasteiger partial charge in [0.1, 0.15) is 11.2 Å². The fourth-order valence-electron chi connectivity index (χ4n) is 4.38. The van der Waals surface area contributed by atoms with E-state index in [1.165, 1.54) is 25.7 Å². The number of quaternary nitrogens is 1. The molecule has 5 nitrogen and oxygen atoms in total. The van der Waals surface area contributed by atoms with E-state index in [4.69, 9.17) is 0 Å². The second-order valence-electron chi connectivity index (χ2n) is 7.85. The van der Waals surface area contributed by atoms with Crippen molar-refractivity contribution in [2.45, 2.75) is 25.3 Å². The Morgan fingerprint density at radius 1 is 1.09 bits per heavy atom. The molecule has 1 aliphatic carbocycles. The van der Waals surface area contributed by atoms with Gasteiger partial charge in [-0.25, -0.2) is 0 Å². The van der Waals surface area contributed by atoms with Gasteiger partial charge >= 0.3 is 0 Å². The van der Waals surface area contributed by atoms with E-state index < -0.39 is 0 Å². The minimum atomic E-state index is -0.0425. The summed E-state index contributed by atoms with van der Waals surface area (Å²) in [5.74, 6) is 0.0197. The van der Waals surface area contributed by atoms with Gasteiger partial charge in [-0.2, -0.15) is 4.57 Å². The molecule has 7 heteroatoms. The van der Waals surface area contributed by atoms with Crippen molar-refractivity contribution in [2.75, 3.05) is 19.7 Å². The molecule has 0 spiro atoms. The van der Waals surface area contributed by atoms with Crippen LogP contribution in [0.4, 0.5) is 5.69 Å². The Hall–Kier alpha value is -2.71. The Bertz CT molecular complexity index is 1350. The summed E-state index contributed by atoms with van der Waals surface area (Å²) in [5, 5.41) is 24.8. The minimum absolute atomic E-state index is 0.0197. The van der Waals surface area contributed by atoms with Gasteiger partial charge in [0.05, 0.1) is 30.3 Å². The number of aliphatic hydroxyl groups excluding tert-OH is 1. The Balaban J connectivity index is 1.57. The van der Waals surface area contributed by atoms with E-state index in [1.54, 1.807) is 23.1 Å². The van der Waals surface area contributed by atoms with Crippen LogP contribution < -0.4 is 14.6 Å². The molecular weight excluding hydrogens is 450 g/mol. The highest BCUT2D eigenvalue weighted by molar-refractivity contribution is 8.03. The Kier molecular flexibility index (Phi) is 6.21. The standard InChI is InChI=1S/C26H25N3O2S2/c1-3-28-19-9-5-7-11-21(19)32-23(28)15-17-25(27-13-14-30)18(26(17)31)16-24-29(4-2)20-10-6-8-12-22(20)33-24/h5-12,15-16,30H,3-4,13-14H2,1-2H3/p+1. The quantitative estimate of drug-likeness (QED) is 0.538. The summed E-state index contributed by atoms with van der Waals surface area (Å²) in [7, 11) is 0. The lowest BCUT2D eigenvalue weighted by molar-refractivity contribution is -0.777. The molecule has 1 aliphatic heterocycles. The molecule has 2 N–H and O–H groups in total. The zero-order valence-electron chi connectivity index (χ0n) is 18.7. The van der Waals surface area contributed by atoms with Crippen LogP contribution in [-0.2, 0) is 6.54 Å². The number of thioether (sulfide) groups is 1. The van der Waals surface area contributed by atoms with Crippen molar-refractivity contribution in [3.05, 3.63) is 81.5 Å². The fourth-order valence-corrected chi connectivity index (χ4v) is 6.79. The monoisotopic (exact) mass is 476 g/mol. The summed E-state index contributed by atoms with van der Waals surface area (Å²) in [6.45, 7) is 6.23. The maximum Gasteiger partial charge on any atom is 0.263 e. The lowest BCUT2D eigenvalue weighted by Crippen LogP contribution is -3.03. The van der Waals surface area contributed by atoms with Gasteiger partial charge in [0.25, 0.3) is 5.01 Å². The number of hydrogen-bond donors (Lipinski definition) is 2. The van der Waals surface area contributed by atoms with Gasteiger partial charge in [-0.3, -0.25) is 9.89 Å². The Morgan fingerprint density at radius 3 is 2.67 bits per heavy atom. The molecule has 33 heavy (non-hydrogen) atoms. The van der Waals surface area contributed by atoms with Crippen molar-refractivity contribution < 1.29 is 19.7 Å². The molecule has 0 bridgehead atoms. The first-order chi connectivity index (χ1) is 16.2. The average molecular weight is 477 g/mol. The first kappa shape index (κ1) is 22.1. The zero-order chi connectivity index (χ0) is 22.9. The summed E-state index contributed by atoms with van der Waals surface area (Å²) in [6.07, 6.45) is 3.97. The zero-order valence-corrected chi connectivity index (χ0v) is 20.3. The number of fused-ring (bicyclic) bond motifs is 2. The third-order valence-electron chi connectivity index (χ3n) is 5.95. The second kappa shape index (κ2) is 9.27. The highest BCUT2D eigenvalue weighted by Gasteiger charge is 2.33. The summed E-state index contributed by atoms with van der Waals surface area (Å²) in [6, 6.07) is 16.7. The topological polar surface area (TPSA) is 64.0 Å². The third-order valence-corrected chi connectivity index (χ3v) is 8.22. The Morgan fingerprint density at radius 2 is 1.88 bits per heavy atom. The molecule has 0 fully saturated rings. The van der Waals surface area contributed by atoms with E-state index in [9.17, 15) is 10.2 Å². The first-order valence-electron chi connectivity index (χ1n) is 11.2. The van der Waals surface area contributed by atoms with Crippen LogP contribution >= 0.6 is 23.1 Å². The molecule has 0 saturated carbocycles. The molecule has 2 aromatic carbocycles. The lowest BCUT2D eigenvalue weighted by atomic mass is 9.86. The highest BCUT2D eigenvalue weighted by atomic mass is 32.2. The maximum atomic E-state index is 13.3. The Labute approximate surface area is 201 Å². The highest BCUT2D eigenvalue weighted by Crippen LogP contribution is 2.38.